The summed E-state index contributed by atoms with van der Waals surface area (Å²) in [6.07, 6.45) is 0. The number of amides is 2. The van der Waals surface area contributed by atoms with Crippen LogP contribution < -0.4 is 22.1 Å². The molecule has 0 saturated carbocycles. The Labute approximate surface area is 129 Å². The first-order valence-electron chi connectivity index (χ1n) is 6.63. The van der Waals surface area contributed by atoms with Gasteiger partial charge in [0.05, 0.1) is 0 Å². The summed E-state index contributed by atoms with van der Waals surface area (Å²) in [5.74, 6) is -0.175. The molecule has 0 aliphatic carbocycles. The molecule has 0 bridgehead atoms. The maximum Gasteiger partial charge on any atom is 0.221 e. The molecule has 0 aromatic heterocycles. The average Bonchev–Trinajstić information content (AvgIpc) is 2.37. The maximum atomic E-state index is 10.6. The number of rotatable bonds is 2. The maximum absolute atomic E-state index is 10.6. The van der Waals surface area contributed by atoms with Crippen LogP contribution in [0.5, 0.6) is 0 Å². The Morgan fingerprint density at radius 1 is 0.773 bits per heavy atom. The number of nitrogen functional groups attached to an aromatic ring is 2. The number of nitrogens with two attached hydrogens (primary N) is 2. The number of carbonyl (C=O) groups excluding carboxylic acids is 2. The first-order chi connectivity index (χ1) is 10.4. The fraction of sp³-hybridized carbons (Fsp3) is 0.125. The van der Waals surface area contributed by atoms with Gasteiger partial charge < -0.3 is 22.1 Å². The molecule has 6 heteroatoms. The van der Waals surface area contributed by atoms with Gasteiger partial charge in [0, 0.05) is 36.6 Å². The zero-order chi connectivity index (χ0) is 16.5. The molecule has 0 unspecified atom stereocenters. The van der Waals surface area contributed by atoms with E-state index in [0.717, 1.165) is 11.4 Å². The number of hydrogen-bond acceptors (Lipinski definition) is 4. The van der Waals surface area contributed by atoms with Crippen LogP contribution in [0.2, 0.25) is 0 Å². The van der Waals surface area contributed by atoms with Gasteiger partial charge in [-0.2, -0.15) is 0 Å². The van der Waals surface area contributed by atoms with Crippen molar-refractivity contribution in [2.75, 3.05) is 22.1 Å². The number of hydrogen-bond donors (Lipinski definition) is 4. The Morgan fingerprint density at radius 2 is 1.14 bits per heavy atom. The molecule has 116 valence electrons. The molecule has 2 aromatic rings. The zero-order valence-electron chi connectivity index (χ0n) is 12.6. The van der Waals surface area contributed by atoms with Crippen molar-refractivity contribution in [1.82, 2.24) is 0 Å². The van der Waals surface area contributed by atoms with E-state index in [0.29, 0.717) is 11.4 Å². The molecular formula is C16H20N4O2. The van der Waals surface area contributed by atoms with Crippen molar-refractivity contribution in [2.24, 2.45) is 0 Å². The molecular weight excluding hydrogens is 280 g/mol. The lowest BCUT2D eigenvalue weighted by molar-refractivity contribution is -0.115. The van der Waals surface area contributed by atoms with Crippen molar-refractivity contribution >= 4 is 34.6 Å². The van der Waals surface area contributed by atoms with E-state index in [2.05, 4.69) is 10.6 Å². The average molecular weight is 300 g/mol. The summed E-state index contributed by atoms with van der Waals surface area (Å²) in [6, 6.07) is 14.1. The first kappa shape index (κ1) is 17.0. The highest BCUT2D eigenvalue weighted by atomic mass is 16.2. The standard InChI is InChI=1S/2C8H10N2O/c2*1-6(11)10-8-4-2-3-7(9)5-8/h2*2-5H,9H2,1H3,(H,10,11). The van der Waals surface area contributed by atoms with Gasteiger partial charge in [-0.3, -0.25) is 9.59 Å². The second-order valence-corrected chi connectivity index (χ2v) is 4.61. The van der Waals surface area contributed by atoms with Crippen molar-refractivity contribution in [1.29, 1.82) is 0 Å². The summed E-state index contributed by atoms with van der Waals surface area (Å²) in [7, 11) is 0. The van der Waals surface area contributed by atoms with E-state index in [1.807, 2.05) is 0 Å². The lowest BCUT2D eigenvalue weighted by Gasteiger charge is -2.01. The fourth-order valence-electron chi connectivity index (χ4n) is 1.64. The minimum absolute atomic E-state index is 0.0874. The number of carbonyl (C=O) groups is 2. The van der Waals surface area contributed by atoms with Crippen LogP contribution in [-0.4, -0.2) is 11.8 Å². The molecule has 2 amide bonds. The molecule has 6 N–H and O–H groups in total. The summed E-state index contributed by atoms with van der Waals surface area (Å²) in [5.41, 5.74) is 13.7. The molecule has 6 nitrogen and oxygen atoms in total. The summed E-state index contributed by atoms with van der Waals surface area (Å²) < 4.78 is 0. The SMILES string of the molecule is CC(=O)Nc1cccc(N)c1.CC(=O)Nc1cccc(N)c1. The van der Waals surface area contributed by atoms with Crippen molar-refractivity contribution in [3.8, 4) is 0 Å². The fourth-order valence-corrected chi connectivity index (χ4v) is 1.64. The molecule has 0 aliphatic rings. The van der Waals surface area contributed by atoms with Gasteiger partial charge in [0.2, 0.25) is 11.8 Å². The van der Waals surface area contributed by atoms with E-state index in [1.165, 1.54) is 13.8 Å². The zero-order valence-corrected chi connectivity index (χ0v) is 12.6. The Kier molecular flexibility index (Phi) is 6.43. The van der Waals surface area contributed by atoms with Crippen LogP contribution in [0.15, 0.2) is 48.5 Å². The lowest BCUT2D eigenvalue weighted by Crippen LogP contribution is -2.05. The smallest absolute Gasteiger partial charge is 0.221 e. The Bertz CT molecular complexity index is 599. The quantitative estimate of drug-likeness (QED) is 0.638. The van der Waals surface area contributed by atoms with E-state index in [4.69, 9.17) is 11.5 Å². The summed E-state index contributed by atoms with van der Waals surface area (Å²) in [5, 5.41) is 5.25. The monoisotopic (exact) mass is 300 g/mol. The molecule has 0 heterocycles. The van der Waals surface area contributed by atoms with Crippen molar-refractivity contribution in [3.05, 3.63) is 48.5 Å². The van der Waals surface area contributed by atoms with E-state index < -0.39 is 0 Å². The van der Waals surface area contributed by atoms with Crippen molar-refractivity contribution in [3.63, 3.8) is 0 Å². The topological polar surface area (TPSA) is 110 Å². The van der Waals surface area contributed by atoms with Gasteiger partial charge >= 0.3 is 0 Å². The minimum atomic E-state index is -0.0874. The largest absolute Gasteiger partial charge is 0.399 e. The highest BCUT2D eigenvalue weighted by molar-refractivity contribution is 5.89. The molecule has 0 radical (unpaired) electrons. The predicted octanol–water partition coefficient (Wildman–Crippen LogP) is 2.45. The van der Waals surface area contributed by atoms with Crippen LogP contribution in [-0.2, 0) is 9.59 Å². The van der Waals surface area contributed by atoms with E-state index in [-0.39, 0.29) is 11.8 Å². The second-order valence-electron chi connectivity index (χ2n) is 4.61. The van der Waals surface area contributed by atoms with Crippen LogP contribution in [0, 0.1) is 0 Å². The minimum Gasteiger partial charge on any atom is -0.399 e. The molecule has 0 fully saturated rings. The van der Waals surface area contributed by atoms with Crippen molar-refractivity contribution in [2.45, 2.75) is 13.8 Å². The van der Waals surface area contributed by atoms with Gasteiger partial charge in [0.25, 0.3) is 0 Å². The summed E-state index contributed by atoms with van der Waals surface area (Å²) in [4.78, 5) is 21.1. The summed E-state index contributed by atoms with van der Waals surface area (Å²) in [6.45, 7) is 2.92. The Hall–Kier alpha value is -3.02. The number of benzene rings is 2. The van der Waals surface area contributed by atoms with E-state index in [9.17, 15) is 9.59 Å². The Morgan fingerprint density at radius 3 is 1.41 bits per heavy atom. The number of anilines is 4. The second kappa shape index (κ2) is 8.31. The molecule has 0 spiro atoms. The van der Waals surface area contributed by atoms with Gasteiger partial charge in [-0.1, -0.05) is 12.1 Å². The van der Waals surface area contributed by atoms with E-state index in [1.54, 1.807) is 48.5 Å². The molecule has 2 rings (SSSR count). The van der Waals surface area contributed by atoms with Crippen molar-refractivity contribution < 1.29 is 9.59 Å². The molecule has 0 aliphatic heterocycles. The van der Waals surface area contributed by atoms with Gasteiger partial charge in [0.15, 0.2) is 0 Å². The van der Waals surface area contributed by atoms with E-state index >= 15 is 0 Å². The lowest BCUT2D eigenvalue weighted by atomic mass is 10.3. The van der Waals surface area contributed by atoms with Gasteiger partial charge in [-0.15, -0.1) is 0 Å². The highest BCUT2D eigenvalue weighted by Crippen LogP contribution is 2.11. The number of nitrogens with one attached hydrogen (secondary N) is 2. The van der Waals surface area contributed by atoms with Gasteiger partial charge in [0.1, 0.15) is 0 Å². The third-order valence-corrected chi connectivity index (χ3v) is 2.41. The molecule has 22 heavy (non-hydrogen) atoms. The Balaban J connectivity index is 0.000000220. The predicted molar refractivity (Wildman–Crippen MR) is 90.3 cm³/mol. The third kappa shape index (κ3) is 6.95. The van der Waals surface area contributed by atoms with Crippen LogP contribution in [0.3, 0.4) is 0 Å². The summed E-state index contributed by atoms with van der Waals surface area (Å²) >= 11 is 0. The highest BCUT2D eigenvalue weighted by Gasteiger charge is 1.94. The van der Waals surface area contributed by atoms with Gasteiger partial charge in [-0.05, 0) is 36.4 Å². The third-order valence-electron chi connectivity index (χ3n) is 2.41. The molecule has 2 aromatic carbocycles. The van der Waals surface area contributed by atoms with Crippen LogP contribution >= 0.6 is 0 Å². The molecule has 0 atom stereocenters. The first-order valence-corrected chi connectivity index (χ1v) is 6.63. The van der Waals surface area contributed by atoms with Gasteiger partial charge in [-0.25, -0.2) is 0 Å². The van der Waals surface area contributed by atoms with Crippen LogP contribution in [0.1, 0.15) is 13.8 Å². The van der Waals surface area contributed by atoms with Crippen LogP contribution in [0.25, 0.3) is 0 Å². The molecule has 0 saturated heterocycles. The normalized spacial score (nSPS) is 9.18. The van der Waals surface area contributed by atoms with Crippen LogP contribution in [0.4, 0.5) is 22.7 Å².